The number of hydrogen-bond donors (Lipinski definition) is 2. The van der Waals surface area contributed by atoms with Crippen molar-refractivity contribution in [1.29, 1.82) is 0 Å². The Labute approximate surface area is 116 Å². The van der Waals surface area contributed by atoms with E-state index in [2.05, 4.69) is 25.9 Å². The molecular formula is C13H18N6O. The van der Waals surface area contributed by atoms with E-state index in [0.717, 1.165) is 43.6 Å². The molecule has 3 rings (SSSR count). The van der Waals surface area contributed by atoms with Crippen molar-refractivity contribution >= 4 is 17.2 Å². The first-order chi connectivity index (χ1) is 9.78. The van der Waals surface area contributed by atoms with Gasteiger partial charge in [-0.25, -0.2) is 0 Å². The van der Waals surface area contributed by atoms with E-state index in [-0.39, 0.29) is 11.9 Å². The molecule has 1 amide bonds. The normalized spacial score (nSPS) is 19.6. The molecule has 7 heteroatoms. The highest BCUT2D eigenvalue weighted by molar-refractivity contribution is 5.86. The second-order valence-electron chi connectivity index (χ2n) is 4.99. The van der Waals surface area contributed by atoms with Gasteiger partial charge in [-0.1, -0.05) is 6.92 Å². The van der Waals surface area contributed by atoms with Gasteiger partial charge in [-0.05, 0) is 31.7 Å². The molecule has 1 aliphatic heterocycles. The molecule has 1 saturated heterocycles. The summed E-state index contributed by atoms with van der Waals surface area (Å²) in [5.41, 5.74) is 2.41. The van der Waals surface area contributed by atoms with Gasteiger partial charge in [0, 0.05) is 6.54 Å². The van der Waals surface area contributed by atoms with Gasteiger partial charge in [0.15, 0.2) is 0 Å². The van der Waals surface area contributed by atoms with Gasteiger partial charge in [0.1, 0.15) is 12.4 Å². The Balaban J connectivity index is 1.92. The molecule has 2 aromatic rings. The summed E-state index contributed by atoms with van der Waals surface area (Å²) in [5.74, 6) is 0.0510. The molecule has 106 valence electrons. The van der Waals surface area contributed by atoms with Crippen LogP contribution in [-0.4, -0.2) is 38.3 Å². The van der Waals surface area contributed by atoms with Crippen LogP contribution in [0.25, 0.3) is 5.65 Å². The number of aromatic nitrogens is 4. The molecule has 1 aliphatic rings. The first kappa shape index (κ1) is 12.8. The third-order valence-corrected chi connectivity index (χ3v) is 3.55. The largest absolute Gasteiger partial charge is 0.370 e. The van der Waals surface area contributed by atoms with Crippen molar-refractivity contribution < 1.29 is 4.79 Å². The number of carbonyl (C=O) groups is 1. The third kappa shape index (κ3) is 2.43. The van der Waals surface area contributed by atoms with Crippen LogP contribution in [0.15, 0.2) is 12.4 Å². The van der Waals surface area contributed by atoms with E-state index in [1.54, 1.807) is 10.8 Å². The van der Waals surface area contributed by atoms with Crippen LogP contribution in [-0.2, 0) is 11.2 Å². The van der Waals surface area contributed by atoms with Crippen molar-refractivity contribution in [2.24, 2.45) is 0 Å². The monoisotopic (exact) mass is 274 g/mol. The Morgan fingerprint density at radius 2 is 2.40 bits per heavy atom. The number of anilines is 1. The fraction of sp³-hybridized carbons (Fsp3) is 0.538. The minimum absolute atomic E-state index is 0.0510. The average molecular weight is 274 g/mol. The van der Waals surface area contributed by atoms with Gasteiger partial charge in [-0.3, -0.25) is 4.79 Å². The van der Waals surface area contributed by atoms with Gasteiger partial charge in [-0.15, -0.1) is 10.2 Å². The Kier molecular flexibility index (Phi) is 3.49. The molecule has 0 spiro atoms. The number of rotatable bonds is 3. The summed E-state index contributed by atoms with van der Waals surface area (Å²) < 4.78 is 1.65. The predicted molar refractivity (Wildman–Crippen MR) is 74.4 cm³/mol. The summed E-state index contributed by atoms with van der Waals surface area (Å²) in [4.78, 5) is 12.0. The lowest BCUT2D eigenvalue weighted by Crippen LogP contribution is -2.38. The smallest absolute Gasteiger partial charge is 0.242 e. The van der Waals surface area contributed by atoms with Crippen LogP contribution in [0.1, 0.15) is 31.9 Å². The highest BCUT2D eigenvalue weighted by Crippen LogP contribution is 2.19. The van der Waals surface area contributed by atoms with Gasteiger partial charge < -0.3 is 10.6 Å². The summed E-state index contributed by atoms with van der Waals surface area (Å²) in [6, 6.07) is 1.73. The number of hydrogen-bond acceptors (Lipinski definition) is 5. The van der Waals surface area contributed by atoms with Crippen LogP contribution in [0.4, 0.5) is 5.69 Å². The van der Waals surface area contributed by atoms with Crippen LogP contribution < -0.4 is 10.6 Å². The number of amides is 1. The van der Waals surface area contributed by atoms with Crippen molar-refractivity contribution in [3.63, 3.8) is 0 Å². The van der Waals surface area contributed by atoms with Crippen LogP contribution in [0, 0.1) is 0 Å². The van der Waals surface area contributed by atoms with E-state index in [9.17, 15) is 4.79 Å². The summed E-state index contributed by atoms with van der Waals surface area (Å²) in [6.45, 7) is 2.80. The van der Waals surface area contributed by atoms with Gasteiger partial charge in [0.05, 0.1) is 11.4 Å². The second-order valence-corrected chi connectivity index (χ2v) is 4.99. The SMILES string of the molecule is CCc1cc(NC2CCCCNC2=O)c2nncn2n1. The van der Waals surface area contributed by atoms with E-state index in [1.807, 2.05) is 13.0 Å². The summed E-state index contributed by atoms with van der Waals surface area (Å²) in [6.07, 6.45) is 5.29. The van der Waals surface area contributed by atoms with E-state index in [1.165, 1.54) is 0 Å². The highest BCUT2D eigenvalue weighted by atomic mass is 16.2. The number of nitrogens with one attached hydrogen (secondary N) is 2. The van der Waals surface area contributed by atoms with Gasteiger partial charge in [-0.2, -0.15) is 9.61 Å². The molecule has 0 radical (unpaired) electrons. The molecule has 1 unspecified atom stereocenters. The van der Waals surface area contributed by atoms with Gasteiger partial charge >= 0.3 is 0 Å². The summed E-state index contributed by atoms with van der Waals surface area (Å²) in [7, 11) is 0. The van der Waals surface area contributed by atoms with Crippen molar-refractivity contribution in [1.82, 2.24) is 25.1 Å². The van der Waals surface area contributed by atoms with Gasteiger partial charge in [0.2, 0.25) is 11.6 Å². The lowest BCUT2D eigenvalue weighted by Gasteiger charge is -2.17. The molecule has 0 bridgehead atoms. The first-order valence-corrected chi connectivity index (χ1v) is 7.02. The molecule has 2 aromatic heterocycles. The Morgan fingerprint density at radius 3 is 3.25 bits per heavy atom. The zero-order valence-corrected chi connectivity index (χ0v) is 11.5. The van der Waals surface area contributed by atoms with Crippen molar-refractivity contribution in [2.45, 2.75) is 38.6 Å². The fourth-order valence-corrected chi connectivity index (χ4v) is 2.42. The molecule has 2 N–H and O–H groups in total. The van der Waals surface area contributed by atoms with Crippen molar-refractivity contribution in [3.8, 4) is 0 Å². The first-order valence-electron chi connectivity index (χ1n) is 7.02. The van der Waals surface area contributed by atoms with E-state index >= 15 is 0 Å². The molecule has 7 nitrogen and oxygen atoms in total. The van der Waals surface area contributed by atoms with Crippen LogP contribution >= 0.6 is 0 Å². The molecule has 0 aliphatic carbocycles. The molecular weight excluding hydrogens is 256 g/mol. The number of nitrogens with zero attached hydrogens (tertiary/aromatic N) is 4. The maximum Gasteiger partial charge on any atom is 0.242 e. The average Bonchev–Trinajstić information content (AvgIpc) is 2.84. The van der Waals surface area contributed by atoms with Crippen LogP contribution in [0.3, 0.4) is 0 Å². The van der Waals surface area contributed by atoms with E-state index in [4.69, 9.17) is 0 Å². The predicted octanol–water partition coefficient (Wildman–Crippen LogP) is 0.767. The molecule has 0 aromatic carbocycles. The molecule has 0 saturated carbocycles. The lowest BCUT2D eigenvalue weighted by atomic mass is 10.1. The Hall–Kier alpha value is -2.18. The maximum absolute atomic E-state index is 12.0. The number of fused-ring (bicyclic) bond motifs is 1. The second kappa shape index (κ2) is 5.44. The van der Waals surface area contributed by atoms with Crippen LogP contribution in [0.5, 0.6) is 0 Å². The molecule has 20 heavy (non-hydrogen) atoms. The minimum atomic E-state index is -0.217. The Bertz CT molecular complexity index is 622. The van der Waals surface area contributed by atoms with Crippen molar-refractivity contribution in [3.05, 3.63) is 18.1 Å². The van der Waals surface area contributed by atoms with Crippen molar-refractivity contribution in [2.75, 3.05) is 11.9 Å². The quantitative estimate of drug-likeness (QED) is 0.863. The fourth-order valence-electron chi connectivity index (χ4n) is 2.42. The Morgan fingerprint density at radius 1 is 1.50 bits per heavy atom. The number of carbonyl (C=O) groups excluding carboxylic acids is 1. The minimum Gasteiger partial charge on any atom is -0.370 e. The summed E-state index contributed by atoms with van der Waals surface area (Å²) >= 11 is 0. The lowest BCUT2D eigenvalue weighted by molar-refractivity contribution is -0.121. The number of aryl methyl sites for hydroxylation is 1. The molecule has 1 fully saturated rings. The maximum atomic E-state index is 12.0. The molecule has 3 heterocycles. The van der Waals surface area contributed by atoms with Crippen LogP contribution in [0.2, 0.25) is 0 Å². The van der Waals surface area contributed by atoms with Gasteiger partial charge in [0.25, 0.3) is 0 Å². The highest BCUT2D eigenvalue weighted by Gasteiger charge is 2.21. The van der Waals surface area contributed by atoms with E-state index < -0.39 is 0 Å². The zero-order chi connectivity index (χ0) is 13.9. The molecule has 1 atom stereocenters. The van der Waals surface area contributed by atoms with E-state index in [0.29, 0.717) is 5.65 Å². The third-order valence-electron chi connectivity index (χ3n) is 3.55. The summed E-state index contributed by atoms with van der Waals surface area (Å²) in [5, 5.41) is 18.6. The standard InChI is InChI=1S/C13H18N6O/c1-2-9-7-11(12-17-15-8-19(12)18-9)16-10-5-3-4-6-14-13(10)20/h7-8,10,16H,2-6H2,1H3,(H,14,20). The zero-order valence-electron chi connectivity index (χ0n) is 11.5. The topological polar surface area (TPSA) is 84.2 Å².